The number of hydrogen-bond acceptors (Lipinski definition) is 2. The van der Waals surface area contributed by atoms with Gasteiger partial charge in [0, 0.05) is 31.4 Å². The van der Waals surface area contributed by atoms with Crippen LogP contribution < -0.4 is 5.32 Å². The van der Waals surface area contributed by atoms with Crippen molar-refractivity contribution >= 4 is 0 Å². The zero-order valence-corrected chi connectivity index (χ0v) is 10.7. The summed E-state index contributed by atoms with van der Waals surface area (Å²) in [6, 6.07) is 7.05. The maximum absolute atomic E-state index is 13.0. The number of aryl methyl sites for hydroxylation is 1. The number of nitrogens with one attached hydrogen (secondary N) is 1. The van der Waals surface area contributed by atoms with Crippen molar-refractivity contribution in [3.63, 3.8) is 0 Å². The van der Waals surface area contributed by atoms with Gasteiger partial charge in [-0.3, -0.25) is 4.68 Å². The number of benzene rings is 1. The number of hydrogen-bond donors (Lipinski definition) is 1. The quantitative estimate of drug-likeness (QED) is 0.878. The lowest BCUT2D eigenvalue weighted by Crippen LogP contribution is -2.27. The molecule has 2 rings (SSSR count). The summed E-state index contributed by atoms with van der Waals surface area (Å²) in [5, 5.41) is 7.52. The lowest BCUT2D eigenvalue weighted by molar-refractivity contribution is 0.542. The van der Waals surface area contributed by atoms with Gasteiger partial charge >= 0.3 is 0 Å². The predicted molar refractivity (Wildman–Crippen MR) is 69.6 cm³/mol. The van der Waals surface area contributed by atoms with Crippen LogP contribution in [0.1, 0.15) is 18.1 Å². The Labute approximate surface area is 107 Å². The van der Waals surface area contributed by atoms with Crippen LogP contribution in [-0.2, 0) is 20.0 Å². The van der Waals surface area contributed by atoms with Gasteiger partial charge in [0.15, 0.2) is 0 Å². The number of rotatable bonds is 5. The molecule has 0 spiro atoms. The molecule has 0 saturated heterocycles. The lowest BCUT2D eigenvalue weighted by atomic mass is 10.1. The summed E-state index contributed by atoms with van der Waals surface area (Å²) in [5.41, 5.74) is 2.17. The minimum absolute atomic E-state index is 0.174. The molecular formula is C14H18FN3. The molecule has 0 aliphatic heterocycles. The molecular weight excluding hydrogens is 229 g/mol. The first kappa shape index (κ1) is 12.8. The molecule has 1 N–H and O–H groups in total. The van der Waals surface area contributed by atoms with Crippen LogP contribution in [0.15, 0.2) is 36.7 Å². The summed E-state index contributed by atoms with van der Waals surface area (Å²) >= 11 is 0. The third-order valence-corrected chi connectivity index (χ3v) is 2.84. The van der Waals surface area contributed by atoms with Gasteiger partial charge in [0.25, 0.3) is 0 Å². The highest BCUT2D eigenvalue weighted by Crippen LogP contribution is 2.07. The van der Waals surface area contributed by atoms with Gasteiger partial charge in [-0.05, 0) is 31.0 Å². The Balaban J connectivity index is 1.83. The van der Waals surface area contributed by atoms with Crippen molar-refractivity contribution in [2.24, 2.45) is 7.05 Å². The fourth-order valence-electron chi connectivity index (χ4n) is 1.94. The van der Waals surface area contributed by atoms with Crippen LogP contribution in [0.3, 0.4) is 0 Å². The SMILES string of the molecule is CC(Cc1cccc(F)c1)NCc1cnn(C)c1. The second-order valence-corrected chi connectivity index (χ2v) is 4.64. The topological polar surface area (TPSA) is 29.9 Å². The molecule has 4 heteroatoms. The molecule has 18 heavy (non-hydrogen) atoms. The molecule has 1 aromatic heterocycles. The van der Waals surface area contributed by atoms with E-state index in [0.717, 1.165) is 24.1 Å². The Morgan fingerprint density at radius 2 is 2.22 bits per heavy atom. The van der Waals surface area contributed by atoms with Gasteiger partial charge in [-0.1, -0.05) is 12.1 Å². The van der Waals surface area contributed by atoms with Crippen molar-refractivity contribution in [2.75, 3.05) is 0 Å². The summed E-state index contributed by atoms with van der Waals surface area (Å²) in [4.78, 5) is 0. The highest BCUT2D eigenvalue weighted by molar-refractivity contribution is 5.17. The Bertz CT molecular complexity index is 507. The number of nitrogens with zero attached hydrogens (tertiary/aromatic N) is 2. The molecule has 0 aliphatic carbocycles. The fraction of sp³-hybridized carbons (Fsp3) is 0.357. The highest BCUT2D eigenvalue weighted by atomic mass is 19.1. The third kappa shape index (κ3) is 3.67. The normalized spacial score (nSPS) is 12.6. The van der Waals surface area contributed by atoms with Crippen molar-refractivity contribution in [3.8, 4) is 0 Å². The molecule has 0 bridgehead atoms. The standard InChI is InChI=1S/C14H18FN3/c1-11(6-12-4-3-5-14(15)7-12)16-8-13-9-17-18(2)10-13/h3-5,7,9-11,16H,6,8H2,1-2H3. The average molecular weight is 247 g/mol. The molecule has 1 aromatic carbocycles. The smallest absolute Gasteiger partial charge is 0.123 e. The molecule has 0 fully saturated rings. The van der Waals surface area contributed by atoms with E-state index in [9.17, 15) is 4.39 Å². The van der Waals surface area contributed by atoms with E-state index in [-0.39, 0.29) is 5.82 Å². The molecule has 0 saturated carbocycles. The van der Waals surface area contributed by atoms with Crippen LogP contribution in [0.4, 0.5) is 4.39 Å². The van der Waals surface area contributed by atoms with Crippen molar-refractivity contribution in [1.82, 2.24) is 15.1 Å². The van der Waals surface area contributed by atoms with Crippen LogP contribution in [0, 0.1) is 5.82 Å². The van der Waals surface area contributed by atoms with E-state index in [0.29, 0.717) is 6.04 Å². The van der Waals surface area contributed by atoms with Crippen molar-refractivity contribution < 1.29 is 4.39 Å². The van der Waals surface area contributed by atoms with Crippen LogP contribution in [0.2, 0.25) is 0 Å². The summed E-state index contributed by atoms with van der Waals surface area (Å²) in [5.74, 6) is -0.174. The molecule has 1 atom stereocenters. The van der Waals surface area contributed by atoms with Crippen molar-refractivity contribution in [3.05, 3.63) is 53.6 Å². The van der Waals surface area contributed by atoms with E-state index in [4.69, 9.17) is 0 Å². The number of aromatic nitrogens is 2. The monoisotopic (exact) mass is 247 g/mol. The second kappa shape index (κ2) is 5.78. The zero-order chi connectivity index (χ0) is 13.0. The fourth-order valence-corrected chi connectivity index (χ4v) is 1.94. The molecule has 1 heterocycles. The number of halogens is 1. The first-order chi connectivity index (χ1) is 8.63. The summed E-state index contributed by atoms with van der Waals surface area (Å²) in [6.07, 6.45) is 4.65. The molecule has 0 aliphatic rings. The Morgan fingerprint density at radius 1 is 1.39 bits per heavy atom. The molecule has 0 radical (unpaired) electrons. The summed E-state index contributed by atoms with van der Waals surface area (Å²) in [7, 11) is 1.90. The van der Waals surface area contributed by atoms with E-state index < -0.39 is 0 Å². The van der Waals surface area contributed by atoms with Gasteiger partial charge in [-0.2, -0.15) is 5.10 Å². The van der Waals surface area contributed by atoms with Crippen LogP contribution in [-0.4, -0.2) is 15.8 Å². The Hall–Kier alpha value is -1.68. The van der Waals surface area contributed by atoms with Gasteiger partial charge in [0.05, 0.1) is 6.20 Å². The molecule has 3 nitrogen and oxygen atoms in total. The molecule has 96 valence electrons. The van der Waals surface area contributed by atoms with Gasteiger partial charge in [0.2, 0.25) is 0 Å². The second-order valence-electron chi connectivity index (χ2n) is 4.64. The first-order valence-electron chi connectivity index (χ1n) is 6.09. The molecule has 2 aromatic rings. The minimum Gasteiger partial charge on any atom is -0.310 e. The Morgan fingerprint density at radius 3 is 2.89 bits per heavy atom. The molecule has 0 amide bonds. The zero-order valence-electron chi connectivity index (χ0n) is 10.7. The van der Waals surface area contributed by atoms with Crippen molar-refractivity contribution in [1.29, 1.82) is 0 Å². The molecule has 1 unspecified atom stereocenters. The largest absolute Gasteiger partial charge is 0.310 e. The van der Waals surface area contributed by atoms with E-state index in [1.807, 2.05) is 25.5 Å². The van der Waals surface area contributed by atoms with Crippen molar-refractivity contribution in [2.45, 2.75) is 25.9 Å². The highest BCUT2D eigenvalue weighted by Gasteiger charge is 2.04. The predicted octanol–water partition coefficient (Wildman–Crippen LogP) is 2.28. The van der Waals surface area contributed by atoms with E-state index in [1.54, 1.807) is 16.8 Å². The average Bonchev–Trinajstić information content (AvgIpc) is 2.73. The van der Waals surface area contributed by atoms with Gasteiger partial charge in [0.1, 0.15) is 5.82 Å². The van der Waals surface area contributed by atoms with Crippen LogP contribution in [0.5, 0.6) is 0 Å². The van der Waals surface area contributed by atoms with Gasteiger partial charge < -0.3 is 5.32 Å². The first-order valence-corrected chi connectivity index (χ1v) is 6.09. The Kier molecular flexibility index (Phi) is 4.10. The van der Waals surface area contributed by atoms with Crippen LogP contribution >= 0.6 is 0 Å². The summed E-state index contributed by atoms with van der Waals surface area (Å²) in [6.45, 7) is 2.88. The van der Waals surface area contributed by atoms with Gasteiger partial charge in [-0.25, -0.2) is 4.39 Å². The van der Waals surface area contributed by atoms with E-state index >= 15 is 0 Å². The lowest BCUT2D eigenvalue weighted by Gasteiger charge is -2.13. The van der Waals surface area contributed by atoms with Crippen LogP contribution in [0.25, 0.3) is 0 Å². The third-order valence-electron chi connectivity index (χ3n) is 2.84. The summed E-state index contributed by atoms with van der Waals surface area (Å²) < 4.78 is 14.8. The van der Waals surface area contributed by atoms with E-state index in [1.165, 1.54) is 6.07 Å². The maximum Gasteiger partial charge on any atom is 0.123 e. The minimum atomic E-state index is -0.174. The van der Waals surface area contributed by atoms with E-state index in [2.05, 4.69) is 17.3 Å². The van der Waals surface area contributed by atoms with Gasteiger partial charge in [-0.15, -0.1) is 0 Å². The maximum atomic E-state index is 13.0.